The van der Waals surface area contributed by atoms with Gasteiger partial charge in [-0.1, -0.05) is 6.07 Å². The summed E-state index contributed by atoms with van der Waals surface area (Å²) in [4.78, 5) is 50.9. The summed E-state index contributed by atoms with van der Waals surface area (Å²) in [7, 11) is 0. The molecule has 4 amide bonds. The molecule has 352 valence electrons. The van der Waals surface area contributed by atoms with Gasteiger partial charge in [0.25, 0.3) is 11.8 Å². The Labute approximate surface area is 364 Å². The molecule has 62 heavy (non-hydrogen) atoms. The number of nitrogens with one attached hydrogen (secondary N) is 2. The Hall–Kier alpha value is -3.22. The van der Waals surface area contributed by atoms with Crippen LogP contribution in [0, 0.1) is 0 Å². The third-order valence-corrected chi connectivity index (χ3v) is 9.42. The molecule has 0 aromatic heterocycles. The Morgan fingerprint density at radius 3 is 1.44 bits per heavy atom. The first-order valence-corrected chi connectivity index (χ1v) is 21.7. The van der Waals surface area contributed by atoms with Crippen molar-refractivity contribution in [1.29, 1.82) is 0 Å². The van der Waals surface area contributed by atoms with Crippen molar-refractivity contribution in [2.75, 3.05) is 170 Å². The molecule has 0 radical (unpaired) electrons. The molecule has 0 saturated carbocycles. The van der Waals surface area contributed by atoms with E-state index in [0.717, 1.165) is 30.8 Å². The minimum absolute atomic E-state index is 0.0641. The Morgan fingerprint density at radius 2 is 1.00 bits per heavy atom. The Morgan fingerprint density at radius 1 is 0.548 bits per heavy atom. The summed E-state index contributed by atoms with van der Waals surface area (Å²) in [6, 6.07) is 3.90. The number of nitrogens with zero attached hydrogens (tertiary/aromatic N) is 1. The molecular weight excluding hydrogens is 818 g/mol. The van der Waals surface area contributed by atoms with Gasteiger partial charge in [0.15, 0.2) is 6.29 Å². The number of fused-ring (bicyclic) bond motifs is 1. The second-order valence-electron chi connectivity index (χ2n) is 14.0. The third-order valence-electron chi connectivity index (χ3n) is 9.42. The molecule has 20 nitrogen and oxygen atoms in total. The fourth-order valence-electron chi connectivity index (χ4n) is 6.30. The van der Waals surface area contributed by atoms with Gasteiger partial charge < -0.3 is 66.9 Å². The van der Waals surface area contributed by atoms with Gasteiger partial charge in [0.2, 0.25) is 11.8 Å². The van der Waals surface area contributed by atoms with Crippen molar-refractivity contribution < 1.29 is 80.8 Å². The van der Waals surface area contributed by atoms with Crippen LogP contribution < -0.4 is 10.6 Å². The van der Waals surface area contributed by atoms with Gasteiger partial charge in [0, 0.05) is 25.3 Å². The highest BCUT2D eigenvalue weighted by molar-refractivity contribution is 6.25. The van der Waals surface area contributed by atoms with Crippen LogP contribution in [0.15, 0.2) is 18.2 Å². The van der Waals surface area contributed by atoms with Crippen LogP contribution in [0.2, 0.25) is 0 Å². The summed E-state index contributed by atoms with van der Waals surface area (Å²) in [5, 5.41) is 5.33. The maximum Gasteiger partial charge on any atom is 0.264 e. The van der Waals surface area contributed by atoms with E-state index >= 15 is 0 Å². The number of carbonyl (C=O) groups excluding carboxylic acids is 4. The predicted octanol–water partition coefficient (Wildman–Crippen LogP) is 1.23. The van der Waals surface area contributed by atoms with Crippen LogP contribution in [-0.2, 0) is 71.2 Å². The van der Waals surface area contributed by atoms with E-state index < -0.39 is 29.7 Å². The van der Waals surface area contributed by atoms with Crippen molar-refractivity contribution >= 4 is 29.3 Å². The fraction of sp³-hybridized carbons (Fsp3) is 0.762. The Balaban J connectivity index is 0.796. The number of piperidine rings is 1. The zero-order chi connectivity index (χ0) is 43.7. The van der Waals surface area contributed by atoms with Crippen LogP contribution in [-0.4, -0.2) is 206 Å². The SMILES string of the molecule is O=C1CCC(N2C(=O)c3cccc(NCCOCCOCCOCCOCCOCCOCCOCCOCCOCCOCCOCCOC4CCCCO4)c3C2=O)C(=O)N1. The molecular formula is C42H67N3O17. The first-order chi connectivity index (χ1) is 30.6. The monoisotopic (exact) mass is 885 g/mol. The standard InChI is InChI=1S/C42H67N3O17/c46-37-8-7-36(40(47)44-37)45-41(48)34-4-3-5-35(39(34)42(45)49)43-9-11-50-12-13-51-14-15-52-16-17-53-18-19-54-20-21-55-22-23-56-24-25-57-26-27-58-28-29-59-30-31-60-32-33-62-38-6-1-2-10-61-38/h3-5,36,38,43H,1-2,6-33H2,(H,44,46,47). The molecule has 2 N–H and O–H groups in total. The van der Waals surface area contributed by atoms with Gasteiger partial charge in [-0.3, -0.25) is 29.4 Å². The number of anilines is 1. The van der Waals surface area contributed by atoms with Crippen molar-refractivity contribution in [1.82, 2.24) is 10.2 Å². The van der Waals surface area contributed by atoms with Gasteiger partial charge in [-0.05, 0) is 37.8 Å². The summed E-state index contributed by atoms with van der Waals surface area (Å²) in [5.74, 6) is -2.17. The zero-order valence-corrected chi connectivity index (χ0v) is 36.0. The van der Waals surface area contributed by atoms with E-state index in [1.807, 2.05) is 0 Å². The minimum Gasteiger partial charge on any atom is -0.382 e. The number of rotatable bonds is 39. The lowest BCUT2D eigenvalue weighted by atomic mass is 10.0. The lowest BCUT2D eigenvalue weighted by Gasteiger charge is -2.27. The summed E-state index contributed by atoms with van der Waals surface area (Å²) >= 11 is 0. The number of hydrogen-bond acceptors (Lipinski definition) is 18. The van der Waals surface area contributed by atoms with Crippen LogP contribution in [0.1, 0.15) is 52.8 Å². The largest absolute Gasteiger partial charge is 0.382 e. The molecule has 2 atom stereocenters. The number of ether oxygens (including phenoxy) is 13. The molecule has 1 aromatic carbocycles. The zero-order valence-electron chi connectivity index (χ0n) is 36.0. The van der Waals surface area contributed by atoms with Crippen LogP contribution >= 0.6 is 0 Å². The smallest absolute Gasteiger partial charge is 0.264 e. The maximum absolute atomic E-state index is 13.2. The number of benzene rings is 1. The molecule has 0 bridgehead atoms. The number of amides is 4. The van der Waals surface area contributed by atoms with Gasteiger partial charge in [-0.2, -0.15) is 0 Å². The normalized spacial score (nSPS) is 17.8. The average molecular weight is 886 g/mol. The van der Waals surface area contributed by atoms with Gasteiger partial charge in [-0.25, -0.2) is 0 Å². The first-order valence-electron chi connectivity index (χ1n) is 21.7. The summed E-state index contributed by atoms with van der Waals surface area (Å²) in [5.41, 5.74) is 0.903. The summed E-state index contributed by atoms with van der Waals surface area (Å²) < 4.78 is 71.8. The van der Waals surface area contributed by atoms with E-state index in [1.54, 1.807) is 18.2 Å². The lowest BCUT2D eigenvalue weighted by Crippen LogP contribution is -2.54. The summed E-state index contributed by atoms with van der Waals surface area (Å²) in [6.07, 6.45) is 3.31. The number of hydrogen-bond donors (Lipinski definition) is 2. The van der Waals surface area contributed by atoms with Gasteiger partial charge in [0.1, 0.15) is 6.04 Å². The third kappa shape index (κ3) is 21.0. The molecule has 3 aliphatic heterocycles. The fourth-order valence-corrected chi connectivity index (χ4v) is 6.30. The lowest BCUT2D eigenvalue weighted by molar-refractivity contribution is -0.169. The van der Waals surface area contributed by atoms with Crippen molar-refractivity contribution in [2.24, 2.45) is 0 Å². The van der Waals surface area contributed by atoms with Crippen LogP contribution in [0.4, 0.5) is 5.69 Å². The second-order valence-corrected chi connectivity index (χ2v) is 14.0. The highest BCUT2D eigenvalue weighted by Gasteiger charge is 2.45. The molecule has 0 aliphatic carbocycles. The van der Waals surface area contributed by atoms with E-state index in [4.69, 9.17) is 61.6 Å². The van der Waals surface area contributed by atoms with E-state index in [2.05, 4.69) is 10.6 Å². The van der Waals surface area contributed by atoms with Crippen molar-refractivity contribution in [3.63, 3.8) is 0 Å². The van der Waals surface area contributed by atoms with E-state index in [-0.39, 0.29) is 30.3 Å². The Kier molecular flexibility index (Phi) is 27.6. The van der Waals surface area contributed by atoms with E-state index in [1.165, 1.54) is 0 Å². The average Bonchev–Trinajstić information content (AvgIpc) is 3.53. The molecule has 2 unspecified atom stereocenters. The molecule has 2 fully saturated rings. The van der Waals surface area contributed by atoms with Crippen LogP contribution in [0.25, 0.3) is 0 Å². The highest BCUT2D eigenvalue weighted by atomic mass is 16.7. The maximum atomic E-state index is 13.2. The topological polar surface area (TPSA) is 216 Å². The molecule has 4 rings (SSSR count). The first kappa shape index (κ1) is 51.4. The van der Waals surface area contributed by atoms with Gasteiger partial charge >= 0.3 is 0 Å². The molecule has 3 aliphatic rings. The van der Waals surface area contributed by atoms with Crippen LogP contribution in [0.3, 0.4) is 0 Å². The van der Waals surface area contributed by atoms with Gasteiger partial charge in [-0.15, -0.1) is 0 Å². The second kappa shape index (κ2) is 33.3. The van der Waals surface area contributed by atoms with Crippen molar-refractivity contribution in [3.8, 4) is 0 Å². The van der Waals surface area contributed by atoms with Crippen LogP contribution in [0.5, 0.6) is 0 Å². The highest BCUT2D eigenvalue weighted by Crippen LogP contribution is 2.32. The Bertz CT molecular complexity index is 1400. The predicted molar refractivity (Wildman–Crippen MR) is 220 cm³/mol. The minimum atomic E-state index is -1.01. The molecule has 0 spiro atoms. The number of carbonyl (C=O) groups is 4. The van der Waals surface area contributed by atoms with Gasteiger partial charge in [0.05, 0.1) is 163 Å². The van der Waals surface area contributed by atoms with Crippen molar-refractivity contribution in [3.05, 3.63) is 29.3 Å². The molecule has 2 saturated heterocycles. The molecule has 1 aromatic rings. The number of imide groups is 2. The van der Waals surface area contributed by atoms with E-state index in [0.29, 0.717) is 164 Å². The van der Waals surface area contributed by atoms with E-state index in [9.17, 15) is 19.2 Å². The van der Waals surface area contributed by atoms with Crippen molar-refractivity contribution in [2.45, 2.75) is 44.4 Å². The summed E-state index contributed by atoms with van der Waals surface area (Å²) in [6.45, 7) is 11.9. The molecule has 20 heteroatoms. The quantitative estimate of drug-likeness (QED) is 0.0702. The molecule has 3 heterocycles.